The molecule has 2 saturated carbocycles. The second-order valence-electron chi connectivity index (χ2n) is 8.15. The van der Waals surface area contributed by atoms with Crippen LogP contribution in [0.1, 0.15) is 46.5 Å². The second kappa shape index (κ2) is 8.21. The van der Waals surface area contributed by atoms with Gasteiger partial charge in [0.25, 0.3) is 5.91 Å². The number of esters is 1. The Hall–Kier alpha value is -1.93. The number of hydrogen-bond donors (Lipinski definition) is 2. The molecule has 1 aromatic rings. The van der Waals surface area contributed by atoms with E-state index in [1.165, 1.54) is 30.7 Å². The monoisotopic (exact) mass is 408 g/mol. The Labute approximate surface area is 166 Å². The van der Waals surface area contributed by atoms with Crippen molar-refractivity contribution in [3.05, 3.63) is 24.3 Å². The summed E-state index contributed by atoms with van der Waals surface area (Å²) >= 11 is 0. The number of rotatable bonds is 7. The first-order valence-electron chi connectivity index (χ1n) is 9.79. The normalized spacial score (nSPS) is 24.9. The van der Waals surface area contributed by atoms with Gasteiger partial charge in [0.1, 0.15) is 0 Å². The first-order chi connectivity index (χ1) is 13.2. The molecule has 154 valence electrons. The molecule has 1 amide bonds. The maximum atomic E-state index is 12.4. The van der Waals surface area contributed by atoms with Gasteiger partial charge in [0.15, 0.2) is 6.10 Å². The number of amides is 1. The molecule has 1 aromatic carbocycles. The van der Waals surface area contributed by atoms with Crippen LogP contribution in [-0.2, 0) is 24.3 Å². The zero-order chi connectivity index (χ0) is 20.5. The third-order valence-corrected chi connectivity index (χ3v) is 7.20. The van der Waals surface area contributed by atoms with Crippen LogP contribution in [0.15, 0.2) is 29.2 Å². The molecule has 0 heterocycles. The lowest BCUT2D eigenvalue weighted by Gasteiger charge is -2.22. The molecule has 2 aliphatic rings. The molecule has 28 heavy (non-hydrogen) atoms. The predicted octanol–water partition coefficient (Wildman–Crippen LogP) is 2.68. The third-order valence-electron chi connectivity index (χ3n) is 5.53. The van der Waals surface area contributed by atoms with Gasteiger partial charge in [0, 0.05) is 11.7 Å². The number of anilines is 1. The van der Waals surface area contributed by atoms with Crippen LogP contribution in [0.4, 0.5) is 5.69 Å². The maximum absolute atomic E-state index is 12.4. The molecule has 7 nitrogen and oxygen atoms in total. The second-order valence-corrected chi connectivity index (χ2v) is 9.86. The summed E-state index contributed by atoms with van der Waals surface area (Å²) in [5.41, 5.74) is 0.441. The summed E-state index contributed by atoms with van der Waals surface area (Å²) in [6.45, 7) is 5.03. The molecule has 3 rings (SSSR count). The highest BCUT2D eigenvalue weighted by Gasteiger charge is 2.44. The molecular weight excluding hydrogens is 380 g/mol. The topological polar surface area (TPSA) is 102 Å². The van der Waals surface area contributed by atoms with Crippen molar-refractivity contribution in [2.45, 2.75) is 63.5 Å². The van der Waals surface area contributed by atoms with E-state index in [0.29, 0.717) is 17.5 Å². The van der Waals surface area contributed by atoms with Gasteiger partial charge < -0.3 is 10.1 Å². The fraction of sp³-hybridized carbons (Fsp3) is 0.600. The zero-order valence-corrected chi connectivity index (χ0v) is 17.3. The minimum atomic E-state index is -3.58. The summed E-state index contributed by atoms with van der Waals surface area (Å²) in [5, 5.41) is 2.66. The highest BCUT2D eigenvalue weighted by Crippen LogP contribution is 2.48. The minimum Gasteiger partial charge on any atom is -0.452 e. The molecule has 2 aliphatic carbocycles. The lowest BCUT2D eigenvalue weighted by atomic mass is 9.89. The highest BCUT2D eigenvalue weighted by molar-refractivity contribution is 7.89. The van der Waals surface area contributed by atoms with Crippen molar-refractivity contribution in [2.75, 3.05) is 5.32 Å². The van der Waals surface area contributed by atoms with Crippen molar-refractivity contribution < 1.29 is 22.7 Å². The Morgan fingerprint density at radius 3 is 2.29 bits per heavy atom. The third kappa shape index (κ3) is 4.72. The first-order valence-corrected chi connectivity index (χ1v) is 11.3. The number of carbonyl (C=O) groups excluding carboxylic acids is 2. The Morgan fingerprint density at radius 1 is 1.07 bits per heavy atom. The van der Waals surface area contributed by atoms with Gasteiger partial charge in [-0.25, -0.2) is 13.1 Å². The molecule has 0 aromatic heterocycles. The number of benzene rings is 1. The Kier molecular flexibility index (Phi) is 6.09. The van der Waals surface area contributed by atoms with Gasteiger partial charge in [-0.15, -0.1) is 0 Å². The van der Waals surface area contributed by atoms with E-state index in [1.54, 1.807) is 20.8 Å². The SMILES string of the molecule is CC(C)NS(=O)(=O)c1ccc(NC(=O)C(C)OC(=O)C2CC3CCC2C3)cc1. The Morgan fingerprint density at radius 2 is 1.75 bits per heavy atom. The molecule has 8 heteroatoms. The summed E-state index contributed by atoms with van der Waals surface area (Å²) in [7, 11) is -3.58. The van der Waals surface area contributed by atoms with Crippen LogP contribution in [0, 0.1) is 17.8 Å². The van der Waals surface area contributed by atoms with E-state index in [9.17, 15) is 18.0 Å². The molecular formula is C20H28N2O5S. The van der Waals surface area contributed by atoms with Crippen LogP contribution in [0.25, 0.3) is 0 Å². The van der Waals surface area contributed by atoms with Crippen LogP contribution in [0.3, 0.4) is 0 Å². The number of sulfonamides is 1. The van der Waals surface area contributed by atoms with E-state index in [4.69, 9.17) is 4.74 Å². The molecule has 4 atom stereocenters. The van der Waals surface area contributed by atoms with Crippen LogP contribution < -0.4 is 10.0 Å². The van der Waals surface area contributed by atoms with Crippen molar-refractivity contribution in [1.29, 1.82) is 0 Å². The Bertz CT molecular complexity index is 835. The van der Waals surface area contributed by atoms with Crippen LogP contribution in [0.5, 0.6) is 0 Å². The van der Waals surface area contributed by atoms with E-state index in [0.717, 1.165) is 19.3 Å². The van der Waals surface area contributed by atoms with Gasteiger partial charge in [-0.1, -0.05) is 6.42 Å². The summed E-state index contributed by atoms with van der Waals surface area (Å²) in [6, 6.07) is 5.66. The van der Waals surface area contributed by atoms with Gasteiger partial charge in [-0.2, -0.15) is 0 Å². The minimum absolute atomic E-state index is 0.0769. The summed E-state index contributed by atoms with van der Waals surface area (Å²) in [6.07, 6.45) is 3.34. The van der Waals surface area contributed by atoms with E-state index in [1.807, 2.05) is 0 Å². The molecule has 2 N–H and O–H groups in total. The predicted molar refractivity (Wildman–Crippen MR) is 105 cm³/mol. The Balaban J connectivity index is 1.54. The first kappa shape index (κ1) is 20.8. The van der Waals surface area contributed by atoms with Gasteiger partial charge in [0.05, 0.1) is 10.8 Å². The fourth-order valence-corrected chi connectivity index (χ4v) is 5.44. The smallest absolute Gasteiger partial charge is 0.309 e. The average Bonchev–Trinajstić information content (AvgIpc) is 3.24. The fourth-order valence-electron chi connectivity index (χ4n) is 4.19. The van der Waals surface area contributed by atoms with Gasteiger partial charge in [-0.05, 0) is 76.1 Å². The molecule has 2 fully saturated rings. The lowest BCUT2D eigenvalue weighted by Crippen LogP contribution is -2.33. The quantitative estimate of drug-likeness (QED) is 0.676. The van der Waals surface area contributed by atoms with E-state index >= 15 is 0 Å². The van der Waals surface area contributed by atoms with E-state index in [2.05, 4.69) is 10.0 Å². The van der Waals surface area contributed by atoms with Gasteiger partial charge in [0.2, 0.25) is 10.0 Å². The number of carbonyl (C=O) groups is 2. The van der Waals surface area contributed by atoms with Crippen molar-refractivity contribution >= 4 is 27.6 Å². The maximum Gasteiger partial charge on any atom is 0.309 e. The summed E-state index contributed by atoms with van der Waals surface area (Å²) in [4.78, 5) is 24.8. The van der Waals surface area contributed by atoms with Gasteiger partial charge in [-0.3, -0.25) is 9.59 Å². The van der Waals surface area contributed by atoms with Crippen LogP contribution in [-0.4, -0.2) is 32.4 Å². The average molecular weight is 409 g/mol. The lowest BCUT2D eigenvalue weighted by molar-refractivity contribution is -0.158. The number of hydrogen-bond acceptors (Lipinski definition) is 5. The largest absolute Gasteiger partial charge is 0.452 e. The van der Waals surface area contributed by atoms with Crippen LogP contribution >= 0.6 is 0 Å². The molecule has 0 spiro atoms. The molecule has 4 unspecified atom stereocenters. The van der Waals surface area contributed by atoms with Crippen molar-refractivity contribution in [2.24, 2.45) is 17.8 Å². The molecule has 0 saturated heterocycles. The van der Waals surface area contributed by atoms with Crippen molar-refractivity contribution in [3.8, 4) is 0 Å². The molecule has 0 aliphatic heterocycles. The number of ether oxygens (including phenoxy) is 1. The molecule has 2 bridgehead atoms. The van der Waals surface area contributed by atoms with Gasteiger partial charge >= 0.3 is 5.97 Å². The highest BCUT2D eigenvalue weighted by atomic mass is 32.2. The number of nitrogens with one attached hydrogen (secondary N) is 2. The van der Waals surface area contributed by atoms with E-state index in [-0.39, 0.29) is 22.8 Å². The van der Waals surface area contributed by atoms with Crippen molar-refractivity contribution in [1.82, 2.24) is 4.72 Å². The van der Waals surface area contributed by atoms with E-state index < -0.39 is 22.0 Å². The standard InChI is InChI=1S/C20H28N2O5S/c1-12(2)22-28(25,26)17-8-6-16(7-9-17)21-19(23)13(3)27-20(24)18-11-14-4-5-15(18)10-14/h6-9,12-15,18,22H,4-5,10-11H2,1-3H3,(H,21,23). The summed E-state index contributed by atoms with van der Waals surface area (Å²) in [5.74, 6) is 0.240. The van der Waals surface area contributed by atoms with Crippen molar-refractivity contribution in [3.63, 3.8) is 0 Å². The van der Waals surface area contributed by atoms with Crippen LogP contribution in [0.2, 0.25) is 0 Å². The summed E-state index contributed by atoms with van der Waals surface area (Å²) < 4.78 is 32.1. The number of fused-ring (bicyclic) bond motifs is 2. The molecule has 0 radical (unpaired) electrons. The zero-order valence-electron chi connectivity index (χ0n) is 16.5.